The van der Waals surface area contributed by atoms with Crippen molar-refractivity contribution in [1.29, 1.82) is 0 Å². The zero-order chi connectivity index (χ0) is 5.70. The van der Waals surface area contributed by atoms with Gasteiger partial charge in [0.1, 0.15) is 0 Å². The summed E-state index contributed by atoms with van der Waals surface area (Å²) in [5, 5.41) is 0. The highest BCUT2D eigenvalue weighted by Crippen LogP contribution is 2.03. The summed E-state index contributed by atoms with van der Waals surface area (Å²) in [4.78, 5) is 0. The first-order chi connectivity index (χ1) is 3.31. The number of hydrogen-bond donors (Lipinski definition) is 0. The van der Waals surface area contributed by atoms with Crippen LogP contribution in [0.5, 0.6) is 0 Å². The lowest BCUT2D eigenvalue weighted by atomic mass is 10.1. The molecular formula is C7H12. The summed E-state index contributed by atoms with van der Waals surface area (Å²) in [6.07, 6.45) is 4.83. The van der Waals surface area contributed by atoms with Crippen molar-refractivity contribution in [3.63, 3.8) is 0 Å². The maximum atomic E-state index is 3.73. The minimum absolute atomic E-state index is 0.595. The molecule has 0 aromatic rings. The number of hydrogen-bond acceptors (Lipinski definition) is 0. The summed E-state index contributed by atoms with van der Waals surface area (Å²) in [5.74, 6) is 0.595. The van der Waals surface area contributed by atoms with Gasteiger partial charge < -0.3 is 0 Å². The van der Waals surface area contributed by atoms with Crippen LogP contribution < -0.4 is 0 Å². The fourth-order valence-electron chi connectivity index (χ4n) is 0.329. The molecule has 0 N–H and O–H groups in total. The van der Waals surface area contributed by atoms with Gasteiger partial charge in [-0.2, -0.15) is 0 Å². The highest BCUT2D eigenvalue weighted by molar-refractivity contribution is 4.90. The summed E-state index contributed by atoms with van der Waals surface area (Å²) in [7, 11) is 0. The summed E-state index contributed by atoms with van der Waals surface area (Å²) in [5.41, 5.74) is 0. The normalized spacial score (nSPS) is 13.4. The van der Waals surface area contributed by atoms with Crippen LogP contribution in [0.2, 0.25) is 0 Å². The van der Waals surface area contributed by atoms with Gasteiger partial charge in [0.05, 0.1) is 0 Å². The Bertz CT molecular complexity index is 46.0. The van der Waals surface area contributed by atoms with E-state index in [1.807, 2.05) is 12.5 Å². The summed E-state index contributed by atoms with van der Waals surface area (Å²) in [6, 6.07) is 0. The average Bonchev–Trinajstić information content (AvgIpc) is 1.68. The van der Waals surface area contributed by atoms with E-state index in [0.29, 0.717) is 5.92 Å². The molecular weight excluding hydrogens is 84.1 g/mol. The van der Waals surface area contributed by atoms with Crippen molar-refractivity contribution in [3.8, 4) is 0 Å². The van der Waals surface area contributed by atoms with Crippen LogP contribution in [0.15, 0.2) is 12.7 Å². The third-order valence-electron chi connectivity index (χ3n) is 0.920. The molecule has 0 aromatic carbocycles. The Kier molecular flexibility index (Phi) is 3.77. The number of allylic oxidation sites excluding steroid dienone is 1. The smallest absolute Gasteiger partial charge is 0.0145 e. The largest absolute Gasteiger partial charge is 0.103 e. The molecule has 0 aliphatic rings. The molecule has 0 amide bonds. The quantitative estimate of drug-likeness (QED) is 0.505. The molecule has 1 atom stereocenters. The molecule has 1 unspecified atom stereocenters. The van der Waals surface area contributed by atoms with Crippen LogP contribution in [-0.4, -0.2) is 0 Å². The molecule has 2 radical (unpaired) electrons. The van der Waals surface area contributed by atoms with Gasteiger partial charge in [0.15, 0.2) is 0 Å². The predicted molar refractivity (Wildman–Crippen MR) is 33.6 cm³/mol. The second-order valence-corrected chi connectivity index (χ2v) is 1.69. The van der Waals surface area contributed by atoms with Crippen LogP contribution in [0.25, 0.3) is 0 Å². The minimum Gasteiger partial charge on any atom is -0.103 e. The second kappa shape index (κ2) is 3.91. The maximum Gasteiger partial charge on any atom is -0.0145 e. The molecule has 0 rings (SSSR count). The highest BCUT2D eigenvalue weighted by Gasteiger charge is 1.91. The molecule has 0 bridgehead atoms. The van der Waals surface area contributed by atoms with E-state index in [9.17, 15) is 0 Å². The molecule has 7 heavy (non-hydrogen) atoms. The van der Waals surface area contributed by atoms with Gasteiger partial charge in [-0.15, -0.1) is 6.58 Å². The summed E-state index contributed by atoms with van der Waals surface area (Å²) < 4.78 is 0. The third-order valence-corrected chi connectivity index (χ3v) is 0.920. The van der Waals surface area contributed by atoms with Crippen LogP contribution in [0.1, 0.15) is 13.3 Å². The lowest BCUT2D eigenvalue weighted by molar-refractivity contribution is 0.704. The molecule has 0 saturated heterocycles. The van der Waals surface area contributed by atoms with E-state index >= 15 is 0 Å². The van der Waals surface area contributed by atoms with Gasteiger partial charge in [0.2, 0.25) is 0 Å². The third kappa shape index (κ3) is 3.57. The molecule has 0 nitrogen and oxygen atoms in total. The van der Waals surface area contributed by atoms with E-state index < -0.39 is 0 Å². The van der Waals surface area contributed by atoms with Gasteiger partial charge in [0.25, 0.3) is 0 Å². The zero-order valence-electron chi connectivity index (χ0n) is 4.85. The summed E-state index contributed by atoms with van der Waals surface area (Å²) >= 11 is 0. The van der Waals surface area contributed by atoms with Crippen molar-refractivity contribution in [3.05, 3.63) is 26.0 Å². The van der Waals surface area contributed by atoms with Crippen molar-refractivity contribution >= 4 is 0 Å². The molecule has 40 valence electrons. The maximum absolute atomic E-state index is 3.73. The highest BCUT2D eigenvalue weighted by atomic mass is 14.0. The Balaban J connectivity index is 2.98. The summed E-state index contributed by atoms with van der Waals surface area (Å²) in [6.45, 7) is 9.41. The topological polar surface area (TPSA) is 0 Å². The fourth-order valence-corrected chi connectivity index (χ4v) is 0.329. The van der Waals surface area contributed by atoms with Crippen molar-refractivity contribution in [2.45, 2.75) is 13.3 Å². The molecule has 0 saturated carbocycles. The molecule has 0 heteroatoms. The van der Waals surface area contributed by atoms with Crippen LogP contribution in [-0.2, 0) is 0 Å². The van der Waals surface area contributed by atoms with E-state index in [-0.39, 0.29) is 0 Å². The van der Waals surface area contributed by atoms with Gasteiger partial charge in [-0.25, -0.2) is 0 Å². The number of rotatable bonds is 3. The molecule has 0 aliphatic heterocycles. The van der Waals surface area contributed by atoms with E-state index in [2.05, 4.69) is 20.4 Å². The molecule has 0 heterocycles. The molecule has 0 aromatic heterocycles. The average molecular weight is 96.2 g/mol. The molecule has 0 fully saturated rings. The lowest BCUT2D eigenvalue weighted by Crippen LogP contribution is -1.87. The Morgan fingerprint density at radius 2 is 2.29 bits per heavy atom. The Morgan fingerprint density at radius 1 is 1.71 bits per heavy atom. The van der Waals surface area contributed by atoms with Crippen LogP contribution in [0.3, 0.4) is 0 Å². The van der Waals surface area contributed by atoms with Gasteiger partial charge in [-0.1, -0.05) is 26.3 Å². The standard InChI is InChI=1S/C7H12/c1-4-6-7(3)5-2/h4,6-7H,1-2,5H2,3H3. The van der Waals surface area contributed by atoms with Crippen molar-refractivity contribution in [2.24, 2.45) is 5.92 Å². The molecule has 0 spiro atoms. The van der Waals surface area contributed by atoms with Gasteiger partial charge in [-0.05, 0) is 12.3 Å². The first-order valence-corrected chi connectivity index (χ1v) is 2.56. The van der Waals surface area contributed by atoms with Crippen LogP contribution in [0, 0.1) is 19.3 Å². The Hall–Kier alpha value is -0.260. The van der Waals surface area contributed by atoms with Crippen molar-refractivity contribution < 1.29 is 0 Å². The fraction of sp³-hybridized carbons (Fsp3) is 0.429. The van der Waals surface area contributed by atoms with E-state index in [1.54, 1.807) is 0 Å². The minimum atomic E-state index is 0.595. The molecule has 0 aliphatic carbocycles. The van der Waals surface area contributed by atoms with Gasteiger partial charge in [0, 0.05) is 0 Å². The Morgan fingerprint density at radius 3 is 2.43 bits per heavy atom. The zero-order valence-corrected chi connectivity index (χ0v) is 4.85. The van der Waals surface area contributed by atoms with Crippen LogP contribution >= 0.6 is 0 Å². The first-order valence-electron chi connectivity index (χ1n) is 2.56. The van der Waals surface area contributed by atoms with Gasteiger partial charge >= 0.3 is 0 Å². The predicted octanol–water partition coefficient (Wildman–Crippen LogP) is 2.24. The lowest BCUT2D eigenvalue weighted by Gasteiger charge is -1.99. The first kappa shape index (κ1) is 6.74. The second-order valence-electron chi connectivity index (χ2n) is 1.69. The van der Waals surface area contributed by atoms with Gasteiger partial charge in [-0.3, -0.25) is 0 Å². The van der Waals surface area contributed by atoms with Crippen molar-refractivity contribution in [1.82, 2.24) is 0 Å². The van der Waals surface area contributed by atoms with Crippen molar-refractivity contribution in [2.75, 3.05) is 0 Å². The van der Waals surface area contributed by atoms with E-state index in [4.69, 9.17) is 0 Å². The monoisotopic (exact) mass is 96.1 g/mol. The Labute approximate surface area is 46.2 Å². The van der Waals surface area contributed by atoms with Crippen LogP contribution in [0.4, 0.5) is 0 Å². The van der Waals surface area contributed by atoms with E-state index in [1.165, 1.54) is 0 Å². The SMILES string of the molecule is [CH2]CC(C)[CH]C=C. The van der Waals surface area contributed by atoms with E-state index in [0.717, 1.165) is 6.42 Å².